The maximum absolute atomic E-state index is 14.1. The highest BCUT2D eigenvalue weighted by Crippen LogP contribution is 2.50. The lowest BCUT2D eigenvalue weighted by Gasteiger charge is -2.34. The number of carbonyl (C=O) groups is 3. The van der Waals surface area contributed by atoms with E-state index in [2.05, 4.69) is 10.6 Å². The second-order valence-corrected chi connectivity index (χ2v) is 10.7. The van der Waals surface area contributed by atoms with Crippen LogP contribution in [0.3, 0.4) is 0 Å². The van der Waals surface area contributed by atoms with Crippen molar-refractivity contribution in [1.82, 2.24) is 15.5 Å². The molecular weight excluding hydrogens is 466 g/mol. The van der Waals surface area contributed by atoms with E-state index < -0.39 is 29.9 Å². The van der Waals surface area contributed by atoms with Crippen LogP contribution >= 0.6 is 0 Å². The van der Waals surface area contributed by atoms with Gasteiger partial charge in [-0.2, -0.15) is 0 Å². The summed E-state index contributed by atoms with van der Waals surface area (Å²) < 4.78 is 5.32. The molecule has 2 aliphatic carbocycles. The van der Waals surface area contributed by atoms with Gasteiger partial charge in [-0.05, 0) is 42.7 Å². The van der Waals surface area contributed by atoms with Gasteiger partial charge in [-0.25, -0.2) is 4.79 Å². The van der Waals surface area contributed by atoms with Gasteiger partial charge in [0, 0.05) is 18.5 Å². The third-order valence-corrected chi connectivity index (χ3v) is 8.16. The summed E-state index contributed by atoms with van der Waals surface area (Å²) in [5.74, 6) is -1.42. The van der Waals surface area contributed by atoms with Crippen molar-refractivity contribution >= 4 is 17.9 Å². The molecule has 2 saturated carbocycles. The van der Waals surface area contributed by atoms with E-state index in [1.165, 1.54) is 13.5 Å². The summed E-state index contributed by atoms with van der Waals surface area (Å²) in [5.41, 5.74) is 1.66. The summed E-state index contributed by atoms with van der Waals surface area (Å²) in [6, 6.07) is 17.5. The van der Waals surface area contributed by atoms with Crippen LogP contribution in [0.1, 0.15) is 68.0 Å². The molecule has 5 rings (SSSR count). The molecule has 1 heterocycles. The van der Waals surface area contributed by atoms with Gasteiger partial charge in [0.1, 0.15) is 6.04 Å². The number of amides is 3. The molecule has 3 fully saturated rings. The van der Waals surface area contributed by atoms with Gasteiger partial charge in [0.2, 0.25) is 5.91 Å². The molecule has 0 aromatic heterocycles. The number of methoxy groups -OCH3 is 1. The van der Waals surface area contributed by atoms with Crippen molar-refractivity contribution in [2.45, 2.75) is 69.0 Å². The molecule has 4 atom stereocenters. The molecule has 196 valence electrons. The first-order chi connectivity index (χ1) is 18.1. The summed E-state index contributed by atoms with van der Waals surface area (Å²) in [4.78, 5) is 43.1. The Hall–Kier alpha value is -3.35. The van der Waals surface area contributed by atoms with Gasteiger partial charge >= 0.3 is 12.0 Å². The number of nitrogens with one attached hydrogen (secondary N) is 2. The summed E-state index contributed by atoms with van der Waals surface area (Å²) in [5, 5.41) is 6.34. The molecule has 0 spiro atoms. The van der Waals surface area contributed by atoms with E-state index in [-0.39, 0.29) is 18.0 Å². The number of nitrogens with zero attached hydrogens (tertiary/aromatic N) is 1. The molecule has 3 aliphatic rings. The standard InChI is InChI=1S/C30H37N3O4/c1-37-29(35)25-24(21-11-5-2-6-12-21)27(28(34)31-19-20-17-18-20)33(26(25)22-13-7-3-8-14-22)30(36)32-23-15-9-4-10-16-23/h2-3,5-8,11-14,20,23-27H,4,9-10,15-19H2,1H3,(H,31,34)(H,32,36). The Morgan fingerprint density at radius 3 is 2.08 bits per heavy atom. The van der Waals surface area contributed by atoms with Crippen molar-refractivity contribution < 1.29 is 19.1 Å². The summed E-state index contributed by atoms with van der Waals surface area (Å²) in [7, 11) is 1.37. The predicted octanol–water partition coefficient (Wildman–Crippen LogP) is 4.55. The number of hydrogen-bond acceptors (Lipinski definition) is 4. The normalized spacial score (nSPS) is 25.9. The third kappa shape index (κ3) is 5.50. The van der Waals surface area contributed by atoms with Crippen LogP contribution in [-0.4, -0.2) is 48.5 Å². The number of likely N-dealkylation sites (tertiary alicyclic amines) is 1. The quantitative estimate of drug-likeness (QED) is 0.543. The highest BCUT2D eigenvalue weighted by molar-refractivity contribution is 5.92. The van der Waals surface area contributed by atoms with E-state index in [4.69, 9.17) is 4.74 Å². The van der Waals surface area contributed by atoms with Crippen LogP contribution in [0.25, 0.3) is 0 Å². The molecule has 7 nitrogen and oxygen atoms in total. The molecule has 0 radical (unpaired) electrons. The maximum atomic E-state index is 14.1. The number of carbonyl (C=O) groups excluding carboxylic acids is 3. The number of esters is 1. The van der Waals surface area contributed by atoms with Crippen molar-refractivity contribution in [3.8, 4) is 0 Å². The first-order valence-electron chi connectivity index (χ1n) is 13.6. The Morgan fingerprint density at radius 1 is 0.865 bits per heavy atom. The minimum absolute atomic E-state index is 0.0696. The van der Waals surface area contributed by atoms with E-state index in [0.717, 1.165) is 49.7 Å². The lowest BCUT2D eigenvalue weighted by molar-refractivity contribution is -0.146. The molecular formula is C30H37N3O4. The fourth-order valence-electron chi connectivity index (χ4n) is 6.12. The molecule has 7 heteroatoms. The first-order valence-corrected chi connectivity index (χ1v) is 13.6. The minimum atomic E-state index is -0.848. The molecule has 1 aliphatic heterocycles. The lowest BCUT2D eigenvalue weighted by atomic mass is 9.80. The molecule has 4 unspecified atom stereocenters. The fraction of sp³-hybridized carbons (Fsp3) is 0.500. The monoisotopic (exact) mass is 503 g/mol. The van der Waals surface area contributed by atoms with Gasteiger partial charge in [-0.15, -0.1) is 0 Å². The van der Waals surface area contributed by atoms with Crippen LogP contribution in [-0.2, 0) is 14.3 Å². The molecule has 2 aromatic rings. The van der Waals surface area contributed by atoms with Gasteiger partial charge in [-0.3, -0.25) is 9.59 Å². The van der Waals surface area contributed by atoms with Crippen LogP contribution in [0, 0.1) is 11.8 Å². The van der Waals surface area contributed by atoms with E-state index in [1.807, 2.05) is 60.7 Å². The van der Waals surface area contributed by atoms with E-state index in [9.17, 15) is 14.4 Å². The number of ether oxygens (including phenoxy) is 1. The largest absolute Gasteiger partial charge is 0.469 e. The molecule has 0 bridgehead atoms. The Labute approximate surface area is 218 Å². The predicted molar refractivity (Wildman–Crippen MR) is 141 cm³/mol. The zero-order valence-electron chi connectivity index (χ0n) is 21.5. The van der Waals surface area contributed by atoms with Crippen LogP contribution in [0.15, 0.2) is 60.7 Å². The van der Waals surface area contributed by atoms with Crippen molar-refractivity contribution in [3.05, 3.63) is 71.8 Å². The fourth-order valence-corrected chi connectivity index (χ4v) is 6.12. The average Bonchev–Trinajstić information content (AvgIpc) is 3.71. The van der Waals surface area contributed by atoms with Crippen LogP contribution in [0.4, 0.5) is 4.79 Å². The van der Waals surface area contributed by atoms with Gasteiger partial charge in [-0.1, -0.05) is 79.9 Å². The summed E-state index contributed by atoms with van der Waals surface area (Å²) >= 11 is 0. The summed E-state index contributed by atoms with van der Waals surface area (Å²) in [6.45, 7) is 0.591. The van der Waals surface area contributed by atoms with E-state index >= 15 is 0 Å². The number of hydrogen-bond donors (Lipinski definition) is 2. The second kappa shape index (κ2) is 11.4. The highest BCUT2D eigenvalue weighted by atomic mass is 16.5. The molecule has 2 aromatic carbocycles. The van der Waals surface area contributed by atoms with Gasteiger partial charge in [0.05, 0.1) is 19.1 Å². The number of benzene rings is 2. The van der Waals surface area contributed by atoms with Gasteiger partial charge in [0.15, 0.2) is 0 Å². The van der Waals surface area contributed by atoms with E-state index in [1.54, 1.807) is 4.90 Å². The van der Waals surface area contributed by atoms with Gasteiger partial charge < -0.3 is 20.3 Å². The molecule has 1 saturated heterocycles. The molecule has 2 N–H and O–H groups in total. The minimum Gasteiger partial charge on any atom is -0.469 e. The van der Waals surface area contributed by atoms with Crippen molar-refractivity contribution in [3.63, 3.8) is 0 Å². The lowest BCUT2D eigenvalue weighted by Crippen LogP contribution is -2.54. The van der Waals surface area contributed by atoms with E-state index in [0.29, 0.717) is 12.5 Å². The van der Waals surface area contributed by atoms with Crippen LogP contribution < -0.4 is 10.6 Å². The van der Waals surface area contributed by atoms with Crippen LogP contribution in [0.2, 0.25) is 0 Å². The molecule has 3 amide bonds. The average molecular weight is 504 g/mol. The SMILES string of the molecule is COC(=O)C1C(c2ccccc2)C(C(=O)NCC2CC2)N(C(=O)NC2CCCCC2)C1c1ccccc1. The molecule has 37 heavy (non-hydrogen) atoms. The first kappa shape index (κ1) is 25.3. The third-order valence-electron chi connectivity index (χ3n) is 8.16. The topological polar surface area (TPSA) is 87.7 Å². The maximum Gasteiger partial charge on any atom is 0.318 e. The van der Waals surface area contributed by atoms with Crippen molar-refractivity contribution in [2.24, 2.45) is 11.8 Å². The number of rotatable bonds is 7. The number of urea groups is 1. The Kier molecular flexibility index (Phi) is 7.77. The zero-order chi connectivity index (χ0) is 25.8. The van der Waals surface area contributed by atoms with Crippen LogP contribution in [0.5, 0.6) is 0 Å². The Morgan fingerprint density at radius 2 is 1.49 bits per heavy atom. The van der Waals surface area contributed by atoms with Crippen molar-refractivity contribution in [1.29, 1.82) is 0 Å². The van der Waals surface area contributed by atoms with Crippen molar-refractivity contribution in [2.75, 3.05) is 13.7 Å². The zero-order valence-corrected chi connectivity index (χ0v) is 21.5. The second-order valence-electron chi connectivity index (χ2n) is 10.7. The summed E-state index contributed by atoms with van der Waals surface area (Å²) in [6.07, 6.45) is 7.40. The van der Waals surface area contributed by atoms with Gasteiger partial charge in [0.25, 0.3) is 0 Å². The smallest absolute Gasteiger partial charge is 0.318 e. The Bertz CT molecular complexity index is 1080. The highest BCUT2D eigenvalue weighted by Gasteiger charge is 2.58. The Balaban J connectivity index is 1.60.